The van der Waals surface area contributed by atoms with Gasteiger partial charge in [-0.2, -0.15) is 0 Å². The quantitative estimate of drug-likeness (QED) is 0.237. The van der Waals surface area contributed by atoms with Gasteiger partial charge in [-0.05, 0) is 49.4 Å². The molecular weight excluding hydrogens is 511 g/mol. The molecule has 0 aliphatic carbocycles. The molecule has 0 radical (unpaired) electrons. The summed E-state index contributed by atoms with van der Waals surface area (Å²) in [5.74, 6) is 0. The Hall–Kier alpha value is -3.33. The summed E-state index contributed by atoms with van der Waals surface area (Å²) in [6, 6.07) is 32.9. The van der Waals surface area contributed by atoms with E-state index in [9.17, 15) is 16.8 Å². The SMILES string of the molecule is CC(c1c(Sc2ccccc2)c2ccccc2n1S(=O)(=O)c1ccccc1)S(=O)(=O)c1ccccc1. The minimum atomic E-state index is -4.12. The highest BCUT2D eigenvalue weighted by atomic mass is 32.2. The molecule has 1 heterocycles. The molecule has 1 atom stereocenters. The average molecular weight is 534 g/mol. The highest BCUT2D eigenvalue weighted by Gasteiger charge is 2.36. The van der Waals surface area contributed by atoms with Crippen LogP contribution in [0, 0.1) is 0 Å². The molecule has 0 spiro atoms. The Morgan fingerprint density at radius 1 is 0.639 bits per heavy atom. The fraction of sp³-hybridized carbons (Fsp3) is 0.0714. The lowest BCUT2D eigenvalue weighted by atomic mass is 10.2. The highest BCUT2D eigenvalue weighted by molar-refractivity contribution is 7.99. The molecule has 5 rings (SSSR count). The lowest BCUT2D eigenvalue weighted by Crippen LogP contribution is -2.21. The van der Waals surface area contributed by atoms with E-state index in [0.29, 0.717) is 15.8 Å². The minimum absolute atomic E-state index is 0.0903. The molecule has 36 heavy (non-hydrogen) atoms. The number of aromatic nitrogens is 1. The van der Waals surface area contributed by atoms with Crippen LogP contribution in [-0.2, 0) is 19.9 Å². The van der Waals surface area contributed by atoms with E-state index in [4.69, 9.17) is 0 Å². The van der Waals surface area contributed by atoms with Crippen LogP contribution >= 0.6 is 11.8 Å². The monoisotopic (exact) mass is 533 g/mol. The van der Waals surface area contributed by atoms with Crippen molar-refractivity contribution in [3.8, 4) is 0 Å². The number of para-hydroxylation sites is 1. The molecule has 8 heteroatoms. The number of benzene rings is 4. The Labute approximate surface area is 215 Å². The topological polar surface area (TPSA) is 73.2 Å². The van der Waals surface area contributed by atoms with Crippen LogP contribution in [0.5, 0.6) is 0 Å². The third-order valence-electron chi connectivity index (χ3n) is 5.99. The van der Waals surface area contributed by atoms with Crippen molar-refractivity contribution in [1.29, 1.82) is 0 Å². The summed E-state index contributed by atoms with van der Waals surface area (Å²) in [5, 5.41) is -0.465. The van der Waals surface area contributed by atoms with Crippen LogP contribution in [0.2, 0.25) is 0 Å². The number of rotatable bonds is 7. The van der Waals surface area contributed by atoms with Gasteiger partial charge < -0.3 is 0 Å². The molecular formula is C28H23NO4S3. The zero-order valence-corrected chi connectivity index (χ0v) is 21.8. The van der Waals surface area contributed by atoms with Crippen molar-refractivity contribution in [2.45, 2.75) is 31.8 Å². The predicted octanol–water partition coefficient (Wildman–Crippen LogP) is 6.56. The molecule has 182 valence electrons. The summed E-state index contributed by atoms with van der Waals surface area (Å²) in [6.45, 7) is 1.56. The number of nitrogens with zero attached hydrogens (tertiary/aromatic N) is 1. The van der Waals surface area contributed by atoms with Crippen LogP contribution in [0.25, 0.3) is 10.9 Å². The average Bonchev–Trinajstić information content (AvgIpc) is 3.24. The summed E-state index contributed by atoms with van der Waals surface area (Å²) in [5.41, 5.74) is 0.655. The van der Waals surface area contributed by atoms with Crippen LogP contribution in [-0.4, -0.2) is 20.8 Å². The lowest BCUT2D eigenvalue weighted by Gasteiger charge is -2.19. The maximum atomic E-state index is 14.1. The zero-order chi connectivity index (χ0) is 25.3. The number of hydrogen-bond donors (Lipinski definition) is 0. The smallest absolute Gasteiger partial charge is 0.235 e. The van der Waals surface area contributed by atoms with Gasteiger partial charge in [0, 0.05) is 15.2 Å². The van der Waals surface area contributed by atoms with Gasteiger partial charge in [0.1, 0.15) is 5.25 Å². The summed E-state index contributed by atoms with van der Waals surface area (Å²) < 4.78 is 57.0. The maximum absolute atomic E-state index is 14.1. The van der Waals surface area contributed by atoms with Crippen molar-refractivity contribution in [2.75, 3.05) is 0 Å². The lowest BCUT2D eigenvalue weighted by molar-refractivity contribution is 0.578. The first-order valence-electron chi connectivity index (χ1n) is 11.3. The molecule has 5 nitrogen and oxygen atoms in total. The molecule has 0 fully saturated rings. The van der Waals surface area contributed by atoms with E-state index in [1.165, 1.54) is 40.0 Å². The number of fused-ring (bicyclic) bond motifs is 1. The Bertz CT molecular complexity index is 1730. The number of hydrogen-bond acceptors (Lipinski definition) is 5. The molecule has 1 unspecified atom stereocenters. The van der Waals surface area contributed by atoms with Crippen molar-refractivity contribution in [3.05, 3.63) is 121 Å². The third-order valence-corrected chi connectivity index (χ3v) is 11.0. The maximum Gasteiger partial charge on any atom is 0.268 e. The summed E-state index contributed by atoms with van der Waals surface area (Å²) >= 11 is 1.37. The second kappa shape index (κ2) is 9.61. The van der Waals surface area contributed by atoms with Crippen molar-refractivity contribution in [2.24, 2.45) is 0 Å². The van der Waals surface area contributed by atoms with Gasteiger partial charge in [0.05, 0.1) is 21.0 Å². The second-order valence-electron chi connectivity index (χ2n) is 8.23. The Morgan fingerprint density at radius 2 is 1.14 bits per heavy atom. The highest BCUT2D eigenvalue weighted by Crippen LogP contribution is 2.45. The third kappa shape index (κ3) is 4.25. The van der Waals surface area contributed by atoms with E-state index in [-0.39, 0.29) is 15.5 Å². The number of sulfone groups is 1. The molecule has 0 saturated heterocycles. The minimum Gasteiger partial charge on any atom is -0.235 e. The molecule has 0 aliphatic rings. The molecule has 0 bridgehead atoms. The van der Waals surface area contributed by atoms with Gasteiger partial charge >= 0.3 is 0 Å². The van der Waals surface area contributed by atoms with Gasteiger partial charge in [0.25, 0.3) is 10.0 Å². The molecule has 0 amide bonds. The Kier molecular flexibility index (Phi) is 6.51. The van der Waals surface area contributed by atoms with Gasteiger partial charge in [-0.1, -0.05) is 84.6 Å². The van der Waals surface area contributed by atoms with E-state index < -0.39 is 25.1 Å². The van der Waals surface area contributed by atoms with Gasteiger partial charge in [0.15, 0.2) is 9.84 Å². The van der Waals surface area contributed by atoms with Crippen molar-refractivity contribution >= 4 is 42.5 Å². The standard InChI is InChI=1S/C28H23NO4S3/c1-21(35(30,31)23-15-7-3-8-16-23)27-28(34-22-13-5-2-6-14-22)25-19-11-12-20-26(25)29(27)36(32,33)24-17-9-4-10-18-24/h2-21H,1H3. The van der Waals surface area contributed by atoms with Crippen LogP contribution in [0.4, 0.5) is 0 Å². The van der Waals surface area contributed by atoms with Gasteiger partial charge in [-0.15, -0.1) is 0 Å². The first-order chi connectivity index (χ1) is 17.3. The summed E-state index contributed by atoms with van der Waals surface area (Å²) in [7, 11) is -8.03. The molecule has 4 aromatic carbocycles. The zero-order valence-electron chi connectivity index (χ0n) is 19.4. The molecule has 5 aromatic rings. The van der Waals surface area contributed by atoms with E-state index in [1.807, 2.05) is 42.5 Å². The van der Waals surface area contributed by atoms with E-state index in [0.717, 1.165) is 4.90 Å². The molecule has 0 saturated carbocycles. The molecule has 0 aliphatic heterocycles. The van der Waals surface area contributed by atoms with E-state index in [2.05, 4.69) is 0 Å². The van der Waals surface area contributed by atoms with Crippen molar-refractivity contribution in [3.63, 3.8) is 0 Å². The molecule has 0 N–H and O–H groups in total. The first kappa shape index (κ1) is 24.4. The first-order valence-corrected chi connectivity index (χ1v) is 15.1. The fourth-order valence-corrected chi connectivity index (χ4v) is 8.67. The van der Waals surface area contributed by atoms with Gasteiger partial charge in [-0.25, -0.2) is 20.8 Å². The normalized spacial score (nSPS) is 13.0. The Balaban J connectivity index is 1.85. The fourth-order valence-electron chi connectivity index (χ4n) is 4.18. The largest absolute Gasteiger partial charge is 0.268 e. The van der Waals surface area contributed by atoms with Crippen molar-refractivity contribution < 1.29 is 16.8 Å². The summed E-state index contributed by atoms with van der Waals surface area (Å²) in [6.07, 6.45) is 0. The van der Waals surface area contributed by atoms with Crippen LogP contribution < -0.4 is 0 Å². The van der Waals surface area contributed by atoms with Crippen LogP contribution in [0.15, 0.2) is 135 Å². The van der Waals surface area contributed by atoms with Crippen molar-refractivity contribution in [1.82, 2.24) is 3.97 Å². The van der Waals surface area contributed by atoms with Crippen LogP contribution in [0.3, 0.4) is 0 Å². The van der Waals surface area contributed by atoms with Gasteiger partial charge in [-0.3, -0.25) is 0 Å². The molecule has 1 aromatic heterocycles. The van der Waals surface area contributed by atoms with Gasteiger partial charge in [0.2, 0.25) is 0 Å². The van der Waals surface area contributed by atoms with Crippen LogP contribution in [0.1, 0.15) is 17.9 Å². The second-order valence-corrected chi connectivity index (χ2v) is 13.4. The predicted molar refractivity (Wildman–Crippen MR) is 144 cm³/mol. The summed E-state index contributed by atoms with van der Waals surface area (Å²) in [4.78, 5) is 1.71. The van der Waals surface area contributed by atoms with E-state index in [1.54, 1.807) is 55.5 Å². The Morgan fingerprint density at radius 3 is 1.75 bits per heavy atom. The van der Waals surface area contributed by atoms with E-state index >= 15 is 0 Å².